The van der Waals surface area contributed by atoms with E-state index in [2.05, 4.69) is 15.7 Å². The maximum absolute atomic E-state index is 13.7. The van der Waals surface area contributed by atoms with E-state index in [-0.39, 0.29) is 29.0 Å². The number of fused-ring (bicyclic) bond motifs is 1. The zero-order valence-electron chi connectivity index (χ0n) is 15.1. The van der Waals surface area contributed by atoms with Gasteiger partial charge in [-0.25, -0.2) is 4.68 Å². The molecule has 0 aliphatic carbocycles. The first-order valence-electron chi connectivity index (χ1n) is 8.78. The van der Waals surface area contributed by atoms with Crippen LogP contribution in [0.5, 0.6) is 0 Å². The third kappa shape index (κ3) is 4.22. The van der Waals surface area contributed by atoms with E-state index < -0.39 is 24.2 Å². The summed E-state index contributed by atoms with van der Waals surface area (Å²) in [5, 5.41) is 10.2. The SMILES string of the molecule is CC[C@H](C)NC(=O)c1cc2n(n1)[C@H](C(F)(F)F)C[C@@H](c1ccc(Cl)c(Cl)c1)N2. The van der Waals surface area contributed by atoms with Gasteiger partial charge in [-0.2, -0.15) is 18.3 Å². The lowest BCUT2D eigenvalue weighted by Gasteiger charge is -2.33. The van der Waals surface area contributed by atoms with Crippen LogP contribution in [0.3, 0.4) is 0 Å². The van der Waals surface area contributed by atoms with Crippen molar-refractivity contribution in [1.29, 1.82) is 0 Å². The number of anilines is 1. The standard InChI is InChI=1S/C18H19Cl2F3N4O/c1-3-9(2)24-17(28)14-8-16-25-13(10-4-5-11(19)12(20)6-10)7-15(18(21,22)23)27(16)26-14/h4-6,8-9,13,15,25H,3,7H2,1-2H3,(H,24,28)/t9-,13-,15-/m0/s1. The first-order chi connectivity index (χ1) is 13.1. The first kappa shape index (κ1) is 20.8. The molecule has 0 spiro atoms. The summed E-state index contributed by atoms with van der Waals surface area (Å²) in [5.74, 6) is -0.385. The predicted molar refractivity (Wildman–Crippen MR) is 102 cm³/mol. The lowest BCUT2D eigenvalue weighted by molar-refractivity contribution is -0.173. The molecule has 1 aromatic carbocycles. The molecular formula is C18H19Cl2F3N4O. The van der Waals surface area contributed by atoms with Crippen LogP contribution < -0.4 is 10.6 Å². The first-order valence-corrected chi connectivity index (χ1v) is 9.54. The van der Waals surface area contributed by atoms with Crippen LogP contribution >= 0.6 is 23.2 Å². The fraction of sp³-hybridized carbons (Fsp3) is 0.444. The van der Waals surface area contributed by atoms with Crippen LogP contribution in [0.2, 0.25) is 10.0 Å². The second-order valence-corrected chi connectivity index (χ2v) is 7.62. The topological polar surface area (TPSA) is 59.0 Å². The molecule has 1 aromatic heterocycles. The average Bonchev–Trinajstić information content (AvgIpc) is 3.06. The van der Waals surface area contributed by atoms with Gasteiger partial charge >= 0.3 is 6.18 Å². The zero-order valence-corrected chi connectivity index (χ0v) is 16.7. The Kier molecular flexibility index (Phi) is 5.82. The molecule has 10 heteroatoms. The minimum absolute atomic E-state index is 0.0631. The molecule has 0 radical (unpaired) electrons. The minimum atomic E-state index is -4.53. The molecule has 0 saturated carbocycles. The van der Waals surface area contributed by atoms with Gasteiger partial charge in [0.2, 0.25) is 0 Å². The van der Waals surface area contributed by atoms with E-state index in [1.165, 1.54) is 12.1 Å². The normalized spacial score (nSPS) is 20.2. The summed E-state index contributed by atoms with van der Waals surface area (Å²) in [6, 6.07) is 3.41. The molecule has 2 heterocycles. The van der Waals surface area contributed by atoms with E-state index in [9.17, 15) is 18.0 Å². The highest BCUT2D eigenvalue weighted by molar-refractivity contribution is 6.42. The number of aromatic nitrogens is 2. The van der Waals surface area contributed by atoms with Gasteiger partial charge < -0.3 is 10.6 Å². The maximum Gasteiger partial charge on any atom is 0.410 e. The van der Waals surface area contributed by atoms with Crippen LogP contribution in [-0.2, 0) is 0 Å². The Hall–Kier alpha value is -1.93. The van der Waals surface area contributed by atoms with Gasteiger partial charge in [0.25, 0.3) is 5.91 Å². The summed E-state index contributed by atoms with van der Waals surface area (Å²) in [6.45, 7) is 3.71. The van der Waals surface area contributed by atoms with Crippen molar-refractivity contribution < 1.29 is 18.0 Å². The quantitative estimate of drug-likeness (QED) is 0.678. The fourth-order valence-corrected chi connectivity index (χ4v) is 3.34. The average molecular weight is 435 g/mol. The number of halogens is 5. The molecule has 1 aliphatic rings. The maximum atomic E-state index is 13.7. The van der Waals surface area contributed by atoms with Gasteiger partial charge in [0.05, 0.1) is 16.1 Å². The lowest BCUT2D eigenvalue weighted by Crippen LogP contribution is -2.36. The second kappa shape index (κ2) is 7.83. The Bertz CT molecular complexity index is 884. The van der Waals surface area contributed by atoms with Crippen molar-refractivity contribution in [2.75, 3.05) is 5.32 Å². The van der Waals surface area contributed by atoms with E-state index in [4.69, 9.17) is 23.2 Å². The Morgan fingerprint density at radius 2 is 2.07 bits per heavy atom. The van der Waals surface area contributed by atoms with Crippen LogP contribution in [0.1, 0.15) is 54.8 Å². The highest BCUT2D eigenvalue weighted by Gasteiger charge is 2.46. The summed E-state index contributed by atoms with van der Waals surface area (Å²) in [6.07, 6.45) is -4.12. The Labute approximate surface area is 170 Å². The van der Waals surface area contributed by atoms with Crippen LogP contribution in [0, 0.1) is 0 Å². The van der Waals surface area contributed by atoms with Crippen molar-refractivity contribution >= 4 is 34.9 Å². The van der Waals surface area contributed by atoms with E-state index >= 15 is 0 Å². The highest BCUT2D eigenvalue weighted by Crippen LogP contribution is 2.44. The second-order valence-electron chi connectivity index (χ2n) is 6.81. The number of nitrogens with one attached hydrogen (secondary N) is 2. The van der Waals surface area contributed by atoms with E-state index in [0.717, 1.165) is 4.68 Å². The zero-order chi connectivity index (χ0) is 20.6. The molecule has 2 N–H and O–H groups in total. The largest absolute Gasteiger partial charge is 0.410 e. The van der Waals surface area contributed by atoms with Crippen LogP contribution in [-0.4, -0.2) is 27.9 Å². The van der Waals surface area contributed by atoms with Gasteiger partial charge in [0, 0.05) is 18.5 Å². The summed E-state index contributed by atoms with van der Waals surface area (Å²) in [7, 11) is 0. The third-order valence-corrected chi connectivity index (χ3v) is 5.50. The van der Waals surface area contributed by atoms with Crippen LogP contribution in [0.4, 0.5) is 19.0 Å². The molecular weight excluding hydrogens is 416 g/mol. The number of amides is 1. The third-order valence-electron chi connectivity index (χ3n) is 4.76. The van der Waals surface area contributed by atoms with E-state index in [1.54, 1.807) is 12.1 Å². The van der Waals surface area contributed by atoms with Crippen molar-refractivity contribution in [3.05, 3.63) is 45.6 Å². The summed E-state index contributed by atoms with van der Waals surface area (Å²) < 4.78 is 41.9. The fourth-order valence-electron chi connectivity index (χ4n) is 3.03. The molecule has 5 nitrogen and oxygen atoms in total. The summed E-state index contributed by atoms with van der Waals surface area (Å²) in [4.78, 5) is 12.3. The van der Waals surface area contributed by atoms with Crippen molar-refractivity contribution in [1.82, 2.24) is 15.1 Å². The highest BCUT2D eigenvalue weighted by atomic mass is 35.5. The number of hydrogen-bond donors (Lipinski definition) is 2. The minimum Gasteiger partial charge on any atom is -0.363 e. The number of nitrogens with zero attached hydrogens (tertiary/aromatic N) is 2. The van der Waals surface area contributed by atoms with Crippen molar-refractivity contribution in [3.8, 4) is 0 Å². The lowest BCUT2D eigenvalue weighted by atomic mass is 9.97. The van der Waals surface area contributed by atoms with E-state index in [1.807, 2.05) is 13.8 Å². The van der Waals surface area contributed by atoms with Gasteiger partial charge in [0.15, 0.2) is 11.7 Å². The van der Waals surface area contributed by atoms with Crippen LogP contribution in [0.25, 0.3) is 0 Å². The molecule has 0 fully saturated rings. The number of carbonyl (C=O) groups excluding carboxylic acids is 1. The van der Waals surface area contributed by atoms with Gasteiger partial charge in [0.1, 0.15) is 5.82 Å². The molecule has 0 unspecified atom stereocenters. The van der Waals surface area contributed by atoms with E-state index in [0.29, 0.717) is 17.0 Å². The molecule has 1 aliphatic heterocycles. The van der Waals surface area contributed by atoms with Crippen LogP contribution in [0.15, 0.2) is 24.3 Å². The molecule has 28 heavy (non-hydrogen) atoms. The smallest absolute Gasteiger partial charge is 0.363 e. The molecule has 152 valence electrons. The monoisotopic (exact) mass is 434 g/mol. The Morgan fingerprint density at radius 3 is 2.68 bits per heavy atom. The Morgan fingerprint density at radius 1 is 1.36 bits per heavy atom. The number of carbonyl (C=O) groups is 1. The molecule has 1 amide bonds. The number of alkyl halides is 3. The summed E-state index contributed by atoms with van der Waals surface area (Å²) >= 11 is 11.9. The number of benzene rings is 1. The molecule has 3 rings (SSSR count). The molecule has 3 atom stereocenters. The van der Waals surface area contributed by atoms with Gasteiger partial charge in [-0.3, -0.25) is 4.79 Å². The predicted octanol–water partition coefficient (Wildman–Crippen LogP) is 5.38. The molecule has 0 saturated heterocycles. The number of rotatable bonds is 4. The van der Waals surface area contributed by atoms with Gasteiger partial charge in [-0.1, -0.05) is 36.2 Å². The van der Waals surface area contributed by atoms with Gasteiger partial charge in [-0.15, -0.1) is 0 Å². The molecule has 2 aromatic rings. The van der Waals surface area contributed by atoms with Gasteiger partial charge in [-0.05, 0) is 31.0 Å². The summed E-state index contributed by atoms with van der Waals surface area (Å²) in [5.41, 5.74) is 0.508. The number of hydrogen-bond acceptors (Lipinski definition) is 3. The van der Waals surface area contributed by atoms with Crippen molar-refractivity contribution in [2.24, 2.45) is 0 Å². The van der Waals surface area contributed by atoms with Crippen molar-refractivity contribution in [3.63, 3.8) is 0 Å². The molecule has 0 bridgehead atoms. The van der Waals surface area contributed by atoms with Crippen molar-refractivity contribution in [2.45, 2.75) is 51.0 Å². The Balaban J connectivity index is 1.95.